The number of rotatable bonds is 5. The van der Waals surface area contributed by atoms with Crippen LogP contribution in [0.15, 0.2) is 48.5 Å². The lowest BCUT2D eigenvalue weighted by molar-refractivity contribution is -0.119. The standard InChI is InChI=1S/C17H14N2O4/c1-22-15-8-6-14(7-9-15)19-16(20)11-23-17(21)13-4-2-12(10-18)3-5-13/h2-9H,11H2,1H3,(H,19,20). The molecule has 0 unspecified atom stereocenters. The molecule has 2 aromatic carbocycles. The molecule has 0 heterocycles. The number of nitriles is 1. The highest BCUT2D eigenvalue weighted by molar-refractivity contribution is 5.95. The number of anilines is 1. The third kappa shape index (κ3) is 4.58. The van der Waals surface area contributed by atoms with Gasteiger partial charge in [-0.3, -0.25) is 4.79 Å². The second-order valence-corrected chi connectivity index (χ2v) is 4.54. The molecular formula is C17H14N2O4. The summed E-state index contributed by atoms with van der Waals surface area (Å²) in [4.78, 5) is 23.5. The van der Waals surface area contributed by atoms with Crippen molar-refractivity contribution in [1.82, 2.24) is 0 Å². The van der Waals surface area contributed by atoms with E-state index in [2.05, 4.69) is 5.32 Å². The fourth-order valence-corrected chi connectivity index (χ4v) is 1.77. The van der Waals surface area contributed by atoms with Gasteiger partial charge in [-0.25, -0.2) is 4.79 Å². The molecule has 6 heteroatoms. The van der Waals surface area contributed by atoms with Crippen LogP contribution in [-0.2, 0) is 9.53 Å². The molecular weight excluding hydrogens is 296 g/mol. The van der Waals surface area contributed by atoms with E-state index in [1.165, 1.54) is 24.3 Å². The summed E-state index contributed by atoms with van der Waals surface area (Å²) in [7, 11) is 1.55. The lowest BCUT2D eigenvalue weighted by Gasteiger charge is -2.07. The van der Waals surface area contributed by atoms with Gasteiger partial charge in [-0.05, 0) is 48.5 Å². The van der Waals surface area contributed by atoms with Gasteiger partial charge < -0.3 is 14.8 Å². The molecule has 0 spiro atoms. The van der Waals surface area contributed by atoms with Crippen molar-refractivity contribution in [3.63, 3.8) is 0 Å². The van der Waals surface area contributed by atoms with E-state index in [0.717, 1.165) is 0 Å². The van der Waals surface area contributed by atoms with Gasteiger partial charge in [-0.1, -0.05) is 0 Å². The Hall–Kier alpha value is -3.33. The van der Waals surface area contributed by atoms with Gasteiger partial charge in [0.1, 0.15) is 5.75 Å². The molecule has 0 aromatic heterocycles. The molecule has 1 N–H and O–H groups in total. The second-order valence-electron chi connectivity index (χ2n) is 4.54. The zero-order valence-electron chi connectivity index (χ0n) is 12.4. The highest BCUT2D eigenvalue weighted by Crippen LogP contribution is 2.14. The molecule has 0 saturated heterocycles. The normalized spacial score (nSPS) is 9.57. The maximum Gasteiger partial charge on any atom is 0.338 e. The van der Waals surface area contributed by atoms with Crippen LogP contribution in [-0.4, -0.2) is 25.6 Å². The van der Waals surface area contributed by atoms with Crippen LogP contribution in [0.3, 0.4) is 0 Å². The predicted molar refractivity (Wildman–Crippen MR) is 83.1 cm³/mol. The molecule has 0 atom stereocenters. The van der Waals surface area contributed by atoms with Crippen LogP contribution < -0.4 is 10.1 Å². The number of methoxy groups -OCH3 is 1. The molecule has 0 bridgehead atoms. The Labute approximate surface area is 133 Å². The lowest BCUT2D eigenvalue weighted by atomic mass is 10.1. The number of ether oxygens (including phenoxy) is 2. The molecule has 2 aromatic rings. The second kappa shape index (κ2) is 7.61. The van der Waals surface area contributed by atoms with Crippen LogP contribution in [0.25, 0.3) is 0 Å². The van der Waals surface area contributed by atoms with Gasteiger partial charge in [0.25, 0.3) is 5.91 Å². The van der Waals surface area contributed by atoms with Gasteiger partial charge in [0.05, 0.1) is 24.3 Å². The molecule has 0 saturated carbocycles. The van der Waals surface area contributed by atoms with E-state index in [9.17, 15) is 9.59 Å². The van der Waals surface area contributed by atoms with Crippen molar-refractivity contribution < 1.29 is 19.1 Å². The number of nitrogens with zero attached hydrogens (tertiary/aromatic N) is 1. The molecule has 0 aliphatic rings. The minimum atomic E-state index is -0.626. The van der Waals surface area contributed by atoms with Crippen LogP contribution in [0.4, 0.5) is 5.69 Å². The van der Waals surface area contributed by atoms with Crippen molar-refractivity contribution >= 4 is 17.6 Å². The Balaban J connectivity index is 1.85. The Kier molecular flexibility index (Phi) is 5.31. The number of carbonyl (C=O) groups is 2. The van der Waals surface area contributed by atoms with Gasteiger partial charge in [0.2, 0.25) is 0 Å². The van der Waals surface area contributed by atoms with Gasteiger partial charge in [0.15, 0.2) is 6.61 Å². The van der Waals surface area contributed by atoms with Gasteiger partial charge >= 0.3 is 5.97 Å². The minimum absolute atomic E-state index is 0.279. The molecule has 0 aliphatic carbocycles. The average Bonchev–Trinajstić information content (AvgIpc) is 2.60. The molecule has 1 amide bonds. The van der Waals surface area contributed by atoms with Crippen LogP contribution >= 0.6 is 0 Å². The number of hydrogen-bond acceptors (Lipinski definition) is 5. The summed E-state index contributed by atoms with van der Waals surface area (Å²) in [5.41, 5.74) is 1.30. The van der Waals surface area contributed by atoms with Crippen molar-refractivity contribution in [2.45, 2.75) is 0 Å². The van der Waals surface area contributed by atoms with E-state index >= 15 is 0 Å². The largest absolute Gasteiger partial charge is 0.497 e. The number of esters is 1. The molecule has 116 valence electrons. The topological polar surface area (TPSA) is 88.4 Å². The zero-order valence-corrected chi connectivity index (χ0v) is 12.4. The van der Waals surface area contributed by atoms with E-state index in [0.29, 0.717) is 17.0 Å². The third-order valence-corrected chi connectivity index (χ3v) is 2.96. The first-order valence-electron chi connectivity index (χ1n) is 6.73. The molecule has 6 nitrogen and oxygen atoms in total. The first-order valence-corrected chi connectivity index (χ1v) is 6.73. The predicted octanol–water partition coefficient (Wildman–Crippen LogP) is 2.36. The van der Waals surface area contributed by atoms with E-state index < -0.39 is 18.5 Å². The maximum absolute atomic E-state index is 11.8. The number of hydrogen-bond donors (Lipinski definition) is 1. The van der Waals surface area contributed by atoms with Crippen molar-refractivity contribution in [2.24, 2.45) is 0 Å². The van der Waals surface area contributed by atoms with Gasteiger partial charge in [-0.2, -0.15) is 5.26 Å². The fraction of sp³-hybridized carbons (Fsp3) is 0.118. The first kappa shape index (κ1) is 16.0. The zero-order chi connectivity index (χ0) is 16.7. The SMILES string of the molecule is COc1ccc(NC(=O)COC(=O)c2ccc(C#N)cc2)cc1. The van der Waals surface area contributed by atoms with E-state index in [-0.39, 0.29) is 5.56 Å². The molecule has 0 fully saturated rings. The van der Waals surface area contributed by atoms with Crippen LogP contribution in [0.2, 0.25) is 0 Å². The monoisotopic (exact) mass is 310 g/mol. The van der Waals surface area contributed by atoms with Crippen molar-refractivity contribution in [2.75, 3.05) is 19.0 Å². The van der Waals surface area contributed by atoms with E-state index in [1.54, 1.807) is 31.4 Å². The Morgan fingerprint density at radius 3 is 2.30 bits per heavy atom. The molecule has 23 heavy (non-hydrogen) atoms. The Morgan fingerprint density at radius 2 is 1.74 bits per heavy atom. The average molecular weight is 310 g/mol. The molecule has 0 radical (unpaired) electrons. The number of benzene rings is 2. The van der Waals surface area contributed by atoms with Gasteiger partial charge in [-0.15, -0.1) is 0 Å². The lowest BCUT2D eigenvalue weighted by Crippen LogP contribution is -2.20. The number of amides is 1. The maximum atomic E-state index is 11.8. The van der Waals surface area contributed by atoms with Crippen LogP contribution in [0.1, 0.15) is 15.9 Å². The van der Waals surface area contributed by atoms with E-state index in [1.807, 2.05) is 6.07 Å². The smallest absolute Gasteiger partial charge is 0.338 e. The van der Waals surface area contributed by atoms with Crippen molar-refractivity contribution in [3.05, 3.63) is 59.7 Å². The highest BCUT2D eigenvalue weighted by Gasteiger charge is 2.10. The minimum Gasteiger partial charge on any atom is -0.497 e. The summed E-state index contributed by atoms with van der Waals surface area (Å²) in [5.74, 6) is -0.397. The summed E-state index contributed by atoms with van der Waals surface area (Å²) in [5, 5.41) is 11.3. The fourth-order valence-electron chi connectivity index (χ4n) is 1.77. The number of nitrogens with one attached hydrogen (secondary N) is 1. The van der Waals surface area contributed by atoms with Crippen molar-refractivity contribution in [3.8, 4) is 11.8 Å². The summed E-state index contributed by atoms with van der Waals surface area (Å²) < 4.78 is 9.94. The van der Waals surface area contributed by atoms with Gasteiger partial charge in [0, 0.05) is 5.69 Å². The Bertz CT molecular complexity index is 731. The van der Waals surface area contributed by atoms with E-state index in [4.69, 9.17) is 14.7 Å². The van der Waals surface area contributed by atoms with Crippen molar-refractivity contribution in [1.29, 1.82) is 5.26 Å². The third-order valence-electron chi connectivity index (χ3n) is 2.96. The summed E-state index contributed by atoms with van der Waals surface area (Å²) in [6.07, 6.45) is 0. The van der Waals surface area contributed by atoms with Crippen LogP contribution in [0.5, 0.6) is 5.75 Å². The summed E-state index contributed by atoms with van der Waals surface area (Å²) >= 11 is 0. The van der Waals surface area contributed by atoms with Crippen LogP contribution in [0, 0.1) is 11.3 Å². The highest BCUT2D eigenvalue weighted by atomic mass is 16.5. The summed E-state index contributed by atoms with van der Waals surface area (Å²) in [6, 6.07) is 14.7. The summed E-state index contributed by atoms with van der Waals surface area (Å²) in [6.45, 7) is -0.398. The quantitative estimate of drug-likeness (QED) is 0.856. The molecule has 2 rings (SSSR count). The Morgan fingerprint density at radius 1 is 1.09 bits per heavy atom. The molecule has 0 aliphatic heterocycles. The number of carbonyl (C=O) groups excluding carboxylic acids is 2. The first-order chi connectivity index (χ1) is 11.1.